The van der Waals surface area contributed by atoms with Gasteiger partial charge in [0.2, 0.25) is 17.7 Å². The summed E-state index contributed by atoms with van der Waals surface area (Å²) in [6, 6.07) is 10.8. The average molecular weight is 764 g/mol. The van der Waals surface area contributed by atoms with Gasteiger partial charge in [0, 0.05) is 48.5 Å². The number of likely N-dealkylation sites (tertiary alicyclic amines) is 2. The van der Waals surface area contributed by atoms with E-state index in [1.165, 1.54) is 57.2 Å². The van der Waals surface area contributed by atoms with Crippen LogP contribution in [0.5, 0.6) is 5.75 Å². The molecule has 0 radical (unpaired) electrons. The van der Waals surface area contributed by atoms with Crippen molar-refractivity contribution in [3.63, 3.8) is 0 Å². The van der Waals surface area contributed by atoms with Gasteiger partial charge in [-0.25, -0.2) is 9.97 Å². The van der Waals surface area contributed by atoms with Crippen molar-refractivity contribution in [2.45, 2.75) is 96.8 Å². The zero-order chi connectivity index (χ0) is 37.7. The van der Waals surface area contributed by atoms with E-state index in [0.29, 0.717) is 53.6 Å². The quantitative estimate of drug-likeness (QED) is 0.203. The fourth-order valence-electron chi connectivity index (χ4n) is 7.85. The second-order valence-electron chi connectivity index (χ2n) is 15.8. The lowest BCUT2D eigenvalue weighted by molar-refractivity contribution is -0.143. The number of nitrogens with one attached hydrogen (secondary N) is 4. The molecule has 3 atom stereocenters. The lowest BCUT2D eigenvalue weighted by Gasteiger charge is -2.41. The summed E-state index contributed by atoms with van der Waals surface area (Å²) in [5.74, 6) is 0.178. The van der Waals surface area contributed by atoms with Gasteiger partial charge in [-0.1, -0.05) is 27.2 Å². The van der Waals surface area contributed by atoms with Gasteiger partial charge in [-0.2, -0.15) is 0 Å². The number of piperidine rings is 2. The molecule has 14 heteroatoms. The Balaban J connectivity index is 0.00000561. The number of nitrogens with zero attached hydrogens (tertiary/aromatic N) is 5. The molecule has 0 saturated carbocycles. The van der Waals surface area contributed by atoms with Crippen LogP contribution in [0.3, 0.4) is 0 Å². The number of rotatable bonds is 11. The molecule has 3 saturated heterocycles. The first-order chi connectivity index (χ1) is 25.5. The Morgan fingerprint density at radius 1 is 0.907 bits per heavy atom. The van der Waals surface area contributed by atoms with Crippen LogP contribution in [-0.2, 0) is 14.4 Å². The molecule has 3 fully saturated rings. The SMILES string of the molecule is CN[C@@H](C)C(=O)N[C@H](C(=O)N1CCC[C@H]1C(=O)Nc1cc2c(Nc3ccc(N4CCC(N5CCCCC5)CC4)cc3)ncnc2cc1OC)C(C)(C)C.Cl. The smallest absolute Gasteiger partial charge is 0.247 e. The predicted octanol–water partition coefficient (Wildman–Crippen LogP) is 5.33. The van der Waals surface area contributed by atoms with Crippen LogP contribution in [0.25, 0.3) is 10.9 Å². The standard InChI is InChI=1S/C40H57N9O4.ClH/c1-26(41-5)37(50)46-35(40(2,3)4)39(52)49-20-10-11-33(49)38(51)45-32-23-30-31(24-34(32)53-6)42-25-43-36(30)44-27-12-14-28(15-13-27)48-21-16-29(17-22-48)47-18-8-7-9-19-47;/h12-15,23-26,29,33,35,41H,7-11,16-22H2,1-6H3,(H,45,51)(H,46,50)(H,42,43,44);1H/t26-,33-,35+;/m0./s1. The number of halogens is 1. The number of anilines is 4. The van der Waals surface area contributed by atoms with E-state index in [1.807, 2.05) is 26.8 Å². The van der Waals surface area contributed by atoms with E-state index in [9.17, 15) is 14.4 Å². The fourth-order valence-corrected chi connectivity index (χ4v) is 7.85. The van der Waals surface area contributed by atoms with Gasteiger partial charge in [0.15, 0.2) is 0 Å². The van der Waals surface area contributed by atoms with Crippen molar-refractivity contribution in [1.29, 1.82) is 0 Å². The highest BCUT2D eigenvalue weighted by Crippen LogP contribution is 2.35. The summed E-state index contributed by atoms with van der Waals surface area (Å²) in [5, 5.41) is 13.0. The van der Waals surface area contributed by atoms with Gasteiger partial charge in [-0.3, -0.25) is 14.4 Å². The molecule has 2 aromatic carbocycles. The van der Waals surface area contributed by atoms with Crippen molar-refractivity contribution in [2.24, 2.45) is 5.41 Å². The highest BCUT2D eigenvalue weighted by molar-refractivity contribution is 6.03. The molecule has 0 unspecified atom stereocenters. The summed E-state index contributed by atoms with van der Waals surface area (Å²) in [4.78, 5) is 56.5. The minimum Gasteiger partial charge on any atom is -0.494 e. The van der Waals surface area contributed by atoms with E-state index in [2.05, 4.69) is 65.3 Å². The number of benzene rings is 2. The summed E-state index contributed by atoms with van der Waals surface area (Å²) in [7, 11) is 3.24. The maximum absolute atomic E-state index is 14.0. The Hall–Kier alpha value is -4.20. The van der Waals surface area contributed by atoms with E-state index in [1.54, 1.807) is 32.0 Å². The summed E-state index contributed by atoms with van der Waals surface area (Å²) in [6.07, 6.45) is 9.13. The van der Waals surface area contributed by atoms with E-state index in [-0.39, 0.29) is 30.1 Å². The highest BCUT2D eigenvalue weighted by atomic mass is 35.5. The maximum atomic E-state index is 14.0. The summed E-state index contributed by atoms with van der Waals surface area (Å²) < 4.78 is 5.68. The van der Waals surface area contributed by atoms with Crippen LogP contribution >= 0.6 is 12.4 Å². The topological polar surface area (TPSA) is 144 Å². The largest absolute Gasteiger partial charge is 0.494 e. The highest BCUT2D eigenvalue weighted by Gasteiger charge is 2.42. The third-order valence-corrected chi connectivity index (χ3v) is 11.1. The van der Waals surface area contributed by atoms with Crippen molar-refractivity contribution < 1.29 is 19.1 Å². The Labute approximate surface area is 325 Å². The van der Waals surface area contributed by atoms with Crippen molar-refractivity contribution in [3.8, 4) is 5.75 Å². The molecule has 294 valence electrons. The Kier molecular flexibility index (Phi) is 13.6. The van der Waals surface area contributed by atoms with E-state index in [0.717, 1.165) is 18.8 Å². The number of fused-ring (bicyclic) bond motifs is 1. The van der Waals surface area contributed by atoms with E-state index in [4.69, 9.17) is 4.74 Å². The molecule has 3 aliphatic heterocycles. The zero-order valence-electron chi connectivity index (χ0n) is 32.6. The van der Waals surface area contributed by atoms with Gasteiger partial charge < -0.3 is 40.7 Å². The van der Waals surface area contributed by atoms with Gasteiger partial charge >= 0.3 is 0 Å². The minimum absolute atomic E-state index is 0. The maximum Gasteiger partial charge on any atom is 0.247 e. The van der Waals surface area contributed by atoms with Crippen molar-refractivity contribution >= 4 is 63.9 Å². The third kappa shape index (κ3) is 9.35. The number of hydrogen-bond acceptors (Lipinski definition) is 10. The van der Waals surface area contributed by atoms with Crippen LogP contribution in [0.15, 0.2) is 42.7 Å². The minimum atomic E-state index is -0.800. The molecule has 3 amide bonds. The lowest BCUT2D eigenvalue weighted by atomic mass is 9.85. The Bertz CT molecular complexity index is 1750. The Morgan fingerprint density at radius 3 is 2.26 bits per heavy atom. The molecule has 6 rings (SSSR count). The number of ether oxygens (including phenoxy) is 1. The first-order valence-electron chi connectivity index (χ1n) is 19.2. The molecule has 0 aliphatic carbocycles. The fraction of sp³-hybridized carbons (Fsp3) is 0.575. The van der Waals surface area contributed by atoms with Crippen LogP contribution in [0.1, 0.15) is 72.6 Å². The molecule has 3 aromatic rings. The molecule has 0 bridgehead atoms. The van der Waals surface area contributed by atoms with Crippen LogP contribution in [0.4, 0.5) is 22.9 Å². The molecule has 0 spiro atoms. The number of aromatic nitrogens is 2. The van der Waals surface area contributed by atoms with Gasteiger partial charge in [-0.15, -0.1) is 12.4 Å². The second kappa shape index (κ2) is 18.0. The second-order valence-corrected chi connectivity index (χ2v) is 15.8. The number of hydrogen-bond donors (Lipinski definition) is 4. The van der Waals surface area contributed by atoms with Crippen LogP contribution in [0, 0.1) is 5.41 Å². The van der Waals surface area contributed by atoms with E-state index >= 15 is 0 Å². The average Bonchev–Trinajstić information content (AvgIpc) is 3.67. The zero-order valence-corrected chi connectivity index (χ0v) is 33.4. The van der Waals surface area contributed by atoms with Crippen LogP contribution in [0.2, 0.25) is 0 Å². The van der Waals surface area contributed by atoms with Gasteiger partial charge in [0.05, 0.1) is 24.4 Å². The summed E-state index contributed by atoms with van der Waals surface area (Å²) in [6.45, 7) is 12.5. The summed E-state index contributed by atoms with van der Waals surface area (Å²) >= 11 is 0. The first kappa shape index (κ1) is 41.0. The van der Waals surface area contributed by atoms with Crippen LogP contribution in [-0.4, -0.2) is 109 Å². The molecule has 13 nitrogen and oxygen atoms in total. The van der Waals surface area contributed by atoms with Crippen molar-refractivity contribution in [3.05, 3.63) is 42.7 Å². The number of carbonyl (C=O) groups excluding carboxylic acids is 3. The Morgan fingerprint density at radius 2 is 1.61 bits per heavy atom. The normalized spacial score (nSPS) is 19.5. The molecule has 54 heavy (non-hydrogen) atoms. The number of amides is 3. The number of methoxy groups -OCH3 is 1. The van der Waals surface area contributed by atoms with Crippen molar-refractivity contribution in [2.75, 3.05) is 62.4 Å². The summed E-state index contributed by atoms with van der Waals surface area (Å²) in [5.41, 5.74) is 2.65. The predicted molar refractivity (Wildman–Crippen MR) is 217 cm³/mol. The molecule has 4 N–H and O–H groups in total. The van der Waals surface area contributed by atoms with Crippen molar-refractivity contribution in [1.82, 2.24) is 30.4 Å². The third-order valence-electron chi connectivity index (χ3n) is 11.1. The molecular formula is C40H58ClN9O4. The van der Waals surface area contributed by atoms with Gasteiger partial charge in [0.1, 0.15) is 30.0 Å². The van der Waals surface area contributed by atoms with E-state index < -0.39 is 23.5 Å². The molecule has 4 heterocycles. The molecule has 1 aromatic heterocycles. The number of carbonyl (C=O) groups is 3. The number of likely N-dealkylation sites (N-methyl/N-ethyl adjacent to an activating group) is 1. The monoisotopic (exact) mass is 763 g/mol. The van der Waals surface area contributed by atoms with Crippen LogP contribution < -0.4 is 30.9 Å². The van der Waals surface area contributed by atoms with Gasteiger partial charge in [0.25, 0.3) is 0 Å². The molecular weight excluding hydrogens is 706 g/mol. The lowest BCUT2D eigenvalue weighted by Crippen LogP contribution is -2.59. The molecule has 3 aliphatic rings. The van der Waals surface area contributed by atoms with Gasteiger partial charge in [-0.05, 0) is 101 Å². The first-order valence-corrected chi connectivity index (χ1v) is 19.2.